The summed E-state index contributed by atoms with van der Waals surface area (Å²) < 4.78 is 1.76. The van der Waals surface area contributed by atoms with Crippen LogP contribution < -0.4 is 10.9 Å². The fourth-order valence-corrected chi connectivity index (χ4v) is 1.40. The lowest BCUT2D eigenvalue weighted by atomic mass is 10.2. The normalized spacial score (nSPS) is 10.3. The predicted octanol–water partition coefficient (Wildman–Crippen LogP) is 0.158. The van der Waals surface area contributed by atoms with Gasteiger partial charge in [-0.05, 0) is 12.0 Å². The molecular formula is C10H13N5O. The van der Waals surface area contributed by atoms with E-state index in [9.17, 15) is 4.79 Å². The van der Waals surface area contributed by atoms with E-state index in [0.29, 0.717) is 5.82 Å². The van der Waals surface area contributed by atoms with Gasteiger partial charge >= 0.3 is 0 Å². The molecule has 0 atom stereocenters. The Bertz CT molecular complexity index is 516. The molecule has 0 amide bonds. The van der Waals surface area contributed by atoms with Crippen molar-refractivity contribution in [3.63, 3.8) is 0 Å². The Balaban J connectivity index is 1.86. The molecular weight excluding hydrogens is 206 g/mol. The minimum absolute atomic E-state index is 0.154. The smallest absolute Gasteiger partial charge is 0.252 e. The number of hydrogen-bond donors (Lipinski definition) is 2. The van der Waals surface area contributed by atoms with Gasteiger partial charge in [0.25, 0.3) is 5.56 Å². The van der Waals surface area contributed by atoms with Crippen molar-refractivity contribution in [2.45, 2.75) is 6.42 Å². The van der Waals surface area contributed by atoms with Crippen LogP contribution >= 0.6 is 0 Å². The quantitative estimate of drug-likeness (QED) is 0.768. The number of aromatic nitrogens is 4. The van der Waals surface area contributed by atoms with Crippen LogP contribution in [0.15, 0.2) is 29.6 Å². The van der Waals surface area contributed by atoms with Crippen molar-refractivity contribution in [2.75, 3.05) is 11.9 Å². The second-order valence-electron chi connectivity index (χ2n) is 3.50. The van der Waals surface area contributed by atoms with Crippen molar-refractivity contribution in [1.82, 2.24) is 19.7 Å². The van der Waals surface area contributed by atoms with Crippen LogP contribution in [0.1, 0.15) is 5.56 Å². The van der Waals surface area contributed by atoms with E-state index in [1.807, 2.05) is 19.4 Å². The summed E-state index contributed by atoms with van der Waals surface area (Å²) in [7, 11) is 1.88. The van der Waals surface area contributed by atoms with Gasteiger partial charge in [0.05, 0.1) is 12.5 Å². The maximum atomic E-state index is 11.0. The monoisotopic (exact) mass is 219 g/mol. The summed E-state index contributed by atoms with van der Waals surface area (Å²) in [6, 6.07) is 1.43. The molecule has 0 spiro atoms. The third-order valence-electron chi connectivity index (χ3n) is 2.16. The highest BCUT2D eigenvalue weighted by molar-refractivity contribution is 5.31. The molecule has 2 rings (SSSR count). The minimum atomic E-state index is -0.154. The van der Waals surface area contributed by atoms with Gasteiger partial charge in [-0.3, -0.25) is 9.48 Å². The van der Waals surface area contributed by atoms with E-state index in [1.54, 1.807) is 4.68 Å². The van der Waals surface area contributed by atoms with Gasteiger partial charge in [-0.25, -0.2) is 4.98 Å². The van der Waals surface area contributed by atoms with E-state index in [4.69, 9.17) is 0 Å². The Hall–Kier alpha value is -2.11. The first kappa shape index (κ1) is 10.4. The Morgan fingerprint density at radius 3 is 3.12 bits per heavy atom. The van der Waals surface area contributed by atoms with E-state index >= 15 is 0 Å². The van der Waals surface area contributed by atoms with Gasteiger partial charge in [0.15, 0.2) is 0 Å². The highest BCUT2D eigenvalue weighted by Crippen LogP contribution is 1.99. The zero-order chi connectivity index (χ0) is 11.4. The summed E-state index contributed by atoms with van der Waals surface area (Å²) in [6.07, 6.45) is 6.02. The number of nitrogens with zero attached hydrogens (tertiary/aromatic N) is 3. The summed E-state index contributed by atoms with van der Waals surface area (Å²) in [5.41, 5.74) is 0.999. The average molecular weight is 219 g/mol. The third-order valence-corrected chi connectivity index (χ3v) is 2.16. The lowest BCUT2D eigenvalue weighted by molar-refractivity contribution is 0.767. The molecule has 0 aliphatic rings. The maximum absolute atomic E-state index is 11.0. The molecule has 6 nitrogen and oxygen atoms in total. The molecule has 0 saturated heterocycles. The third kappa shape index (κ3) is 2.69. The fourth-order valence-electron chi connectivity index (χ4n) is 1.40. The SMILES string of the molecule is Cn1cc(CCNc2cc(=O)[nH]cn2)cn1. The molecule has 0 aliphatic heterocycles. The highest BCUT2D eigenvalue weighted by Gasteiger charge is 1.97. The van der Waals surface area contributed by atoms with E-state index in [-0.39, 0.29) is 5.56 Å². The molecule has 0 radical (unpaired) electrons. The molecule has 84 valence electrons. The van der Waals surface area contributed by atoms with Crippen molar-refractivity contribution in [3.05, 3.63) is 40.7 Å². The molecule has 0 bridgehead atoms. The molecule has 0 aliphatic carbocycles. The average Bonchev–Trinajstić information content (AvgIpc) is 2.64. The molecule has 2 N–H and O–H groups in total. The molecule has 0 aromatic carbocycles. The topological polar surface area (TPSA) is 75.6 Å². The number of H-pyrrole nitrogens is 1. The summed E-state index contributed by atoms with van der Waals surface area (Å²) in [5.74, 6) is 0.590. The summed E-state index contributed by atoms with van der Waals surface area (Å²) in [5, 5.41) is 7.15. The molecule has 16 heavy (non-hydrogen) atoms. The Labute approximate surface area is 92.3 Å². The van der Waals surface area contributed by atoms with Crippen LogP contribution in [0.2, 0.25) is 0 Å². The second-order valence-corrected chi connectivity index (χ2v) is 3.50. The van der Waals surface area contributed by atoms with Crippen molar-refractivity contribution in [1.29, 1.82) is 0 Å². The first-order valence-electron chi connectivity index (χ1n) is 5.00. The van der Waals surface area contributed by atoms with Crippen LogP contribution in [0.25, 0.3) is 0 Å². The lowest BCUT2D eigenvalue weighted by Crippen LogP contribution is -2.11. The Morgan fingerprint density at radius 1 is 1.56 bits per heavy atom. The van der Waals surface area contributed by atoms with Crippen LogP contribution in [-0.4, -0.2) is 26.3 Å². The van der Waals surface area contributed by atoms with Gasteiger partial charge in [0.2, 0.25) is 0 Å². The number of nitrogens with one attached hydrogen (secondary N) is 2. The number of hydrogen-bond acceptors (Lipinski definition) is 4. The van der Waals surface area contributed by atoms with E-state index < -0.39 is 0 Å². The number of anilines is 1. The van der Waals surface area contributed by atoms with Gasteiger partial charge in [-0.1, -0.05) is 0 Å². The molecule has 2 aromatic rings. The van der Waals surface area contributed by atoms with Crippen LogP contribution in [0.5, 0.6) is 0 Å². The zero-order valence-electron chi connectivity index (χ0n) is 8.97. The minimum Gasteiger partial charge on any atom is -0.370 e. The molecule has 6 heteroatoms. The molecule has 2 heterocycles. The van der Waals surface area contributed by atoms with Crippen molar-refractivity contribution < 1.29 is 0 Å². The zero-order valence-corrected chi connectivity index (χ0v) is 8.97. The van der Waals surface area contributed by atoms with Gasteiger partial charge in [0, 0.05) is 25.9 Å². The lowest BCUT2D eigenvalue weighted by Gasteiger charge is -2.02. The van der Waals surface area contributed by atoms with E-state index in [2.05, 4.69) is 20.4 Å². The summed E-state index contributed by atoms with van der Waals surface area (Å²) in [4.78, 5) is 17.4. The van der Waals surface area contributed by atoms with E-state index in [1.165, 1.54) is 12.4 Å². The van der Waals surface area contributed by atoms with Crippen LogP contribution in [-0.2, 0) is 13.5 Å². The maximum Gasteiger partial charge on any atom is 0.252 e. The highest BCUT2D eigenvalue weighted by atomic mass is 16.1. The predicted molar refractivity (Wildman–Crippen MR) is 60.3 cm³/mol. The van der Waals surface area contributed by atoms with Gasteiger partial charge in [-0.2, -0.15) is 5.10 Å². The van der Waals surface area contributed by atoms with Crippen LogP contribution in [0.3, 0.4) is 0 Å². The first-order chi connectivity index (χ1) is 7.74. The van der Waals surface area contributed by atoms with E-state index in [0.717, 1.165) is 18.5 Å². The van der Waals surface area contributed by atoms with Gasteiger partial charge in [-0.15, -0.1) is 0 Å². The van der Waals surface area contributed by atoms with Crippen molar-refractivity contribution in [3.8, 4) is 0 Å². The summed E-state index contributed by atoms with van der Waals surface area (Å²) in [6.45, 7) is 0.724. The Kier molecular flexibility index (Phi) is 3.00. The molecule has 2 aromatic heterocycles. The van der Waals surface area contributed by atoms with Crippen LogP contribution in [0.4, 0.5) is 5.82 Å². The molecule has 0 fully saturated rings. The van der Waals surface area contributed by atoms with Crippen LogP contribution in [0, 0.1) is 0 Å². The van der Waals surface area contributed by atoms with Crippen molar-refractivity contribution >= 4 is 5.82 Å². The molecule has 0 unspecified atom stereocenters. The number of rotatable bonds is 4. The summed E-state index contributed by atoms with van der Waals surface area (Å²) >= 11 is 0. The standard InChI is InChI=1S/C10H13N5O/c1-15-6-8(5-14-15)2-3-11-9-4-10(16)13-7-12-9/h4-7H,2-3H2,1H3,(H2,11,12,13,16). The largest absolute Gasteiger partial charge is 0.370 e. The van der Waals surface area contributed by atoms with Crippen molar-refractivity contribution in [2.24, 2.45) is 7.05 Å². The fraction of sp³-hybridized carbons (Fsp3) is 0.300. The molecule has 0 saturated carbocycles. The van der Waals surface area contributed by atoms with Gasteiger partial charge < -0.3 is 10.3 Å². The first-order valence-corrected chi connectivity index (χ1v) is 5.00. The second kappa shape index (κ2) is 4.61. The Morgan fingerprint density at radius 2 is 2.44 bits per heavy atom. The number of aromatic amines is 1. The number of aryl methyl sites for hydroxylation is 1. The van der Waals surface area contributed by atoms with Gasteiger partial charge in [0.1, 0.15) is 5.82 Å².